The lowest BCUT2D eigenvalue weighted by atomic mass is 10.2. The normalized spacial score (nSPS) is 10.8. The van der Waals surface area contributed by atoms with Crippen molar-refractivity contribution < 1.29 is 18.7 Å². The number of benzene rings is 3. The maximum atomic E-state index is 14.3. The van der Waals surface area contributed by atoms with E-state index >= 15 is 0 Å². The molecule has 0 aliphatic heterocycles. The lowest BCUT2D eigenvalue weighted by Crippen LogP contribution is -2.23. The topological polar surface area (TPSA) is 82.5 Å². The fourth-order valence-corrected chi connectivity index (χ4v) is 4.19. The second-order valence-corrected chi connectivity index (χ2v) is 8.33. The number of carbonyl (C=O) groups is 1. The molecule has 1 heterocycles. The van der Waals surface area contributed by atoms with Crippen LogP contribution < -0.4 is 20.3 Å². The number of nitrogens with one attached hydrogen (secondary N) is 1. The van der Waals surface area contributed by atoms with Gasteiger partial charge in [-0.1, -0.05) is 30.0 Å². The van der Waals surface area contributed by atoms with Crippen molar-refractivity contribution in [2.75, 3.05) is 25.3 Å². The molecule has 1 aromatic heterocycles. The first kappa shape index (κ1) is 23.3. The van der Waals surface area contributed by atoms with E-state index in [1.165, 1.54) is 17.7 Å². The SMILES string of the molecule is COc1ccc(NC(=O)CSc2nc3ccccc3c(=O)n2-c2ccc(C)c(F)c2)c(OC)c1. The van der Waals surface area contributed by atoms with Gasteiger partial charge in [0, 0.05) is 6.07 Å². The highest BCUT2D eigenvalue weighted by atomic mass is 32.2. The highest BCUT2D eigenvalue weighted by Gasteiger charge is 2.16. The quantitative estimate of drug-likeness (QED) is 0.309. The zero-order valence-corrected chi connectivity index (χ0v) is 19.6. The number of para-hydroxylation sites is 1. The second kappa shape index (κ2) is 9.96. The van der Waals surface area contributed by atoms with Crippen molar-refractivity contribution >= 4 is 34.3 Å². The molecule has 3 aromatic carbocycles. The van der Waals surface area contributed by atoms with E-state index in [1.54, 1.807) is 68.6 Å². The van der Waals surface area contributed by atoms with E-state index in [4.69, 9.17) is 9.47 Å². The average molecular weight is 480 g/mol. The molecule has 174 valence electrons. The molecule has 1 N–H and O–H groups in total. The van der Waals surface area contributed by atoms with E-state index in [1.807, 2.05) is 0 Å². The molecule has 0 unspecified atom stereocenters. The number of nitrogens with zero attached hydrogens (tertiary/aromatic N) is 2. The van der Waals surface area contributed by atoms with Crippen molar-refractivity contribution in [1.82, 2.24) is 9.55 Å². The molecule has 0 radical (unpaired) electrons. The number of ether oxygens (including phenoxy) is 2. The summed E-state index contributed by atoms with van der Waals surface area (Å²) in [5.41, 5.74) is 1.45. The first-order valence-electron chi connectivity index (χ1n) is 10.3. The molecule has 0 bridgehead atoms. The third-order valence-electron chi connectivity index (χ3n) is 5.17. The van der Waals surface area contributed by atoms with Crippen LogP contribution in [0.4, 0.5) is 10.1 Å². The summed E-state index contributed by atoms with van der Waals surface area (Å²) in [6.45, 7) is 1.65. The minimum atomic E-state index is -0.433. The van der Waals surface area contributed by atoms with Gasteiger partial charge in [-0.25, -0.2) is 9.37 Å². The van der Waals surface area contributed by atoms with Crippen LogP contribution in [-0.2, 0) is 4.79 Å². The number of anilines is 1. The average Bonchev–Trinajstić information content (AvgIpc) is 2.85. The van der Waals surface area contributed by atoms with Crippen LogP contribution >= 0.6 is 11.8 Å². The van der Waals surface area contributed by atoms with Gasteiger partial charge in [0.05, 0.1) is 42.3 Å². The van der Waals surface area contributed by atoms with Crippen molar-refractivity contribution in [3.8, 4) is 17.2 Å². The number of thioether (sulfide) groups is 1. The molecular weight excluding hydrogens is 457 g/mol. The summed E-state index contributed by atoms with van der Waals surface area (Å²) in [4.78, 5) is 30.6. The predicted octanol–water partition coefficient (Wildman–Crippen LogP) is 4.58. The molecule has 0 atom stereocenters. The number of fused-ring (bicyclic) bond motifs is 1. The van der Waals surface area contributed by atoms with Crippen LogP contribution in [0.25, 0.3) is 16.6 Å². The van der Waals surface area contributed by atoms with Gasteiger partial charge in [-0.15, -0.1) is 0 Å². The van der Waals surface area contributed by atoms with E-state index in [0.717, 1.165) is 11.8 Å². The zero-order valence-electron chi connectivity index (χ0n) is 18.8. The summed E-state index contributed by atoms with van der Waals surface area (Å²) in [7, 11) is 3.04. The zero-order chi connectivity index (χ0) is 24.2. The molecule has 4 rings (SSSR count). The third-order valence-corrected chi connectivity index (χ3v) is 6.11. The number of amides is 1. The molecule has 0 saturated heterocycles. The van der Waals surface area contributed by atoms with E-state index < -0.39 is 5.82 Å². The summed E-state index contributed by atoms with van der Waals surface area (Å²) in [6.07, 6.45) is 0. The largest absolute Gasteiger partial charge is 0.497 e. The Bertz CT molecular complexity index is 1440. The monoisotopic (exact) mass is 479 g/mol. The van der Waals surface area contributed by atoms with E-state index in [0.29, 0.717) is 39.3 Å². The Labute approximate surface area is 199 Å². The summed E-state index contributed by atoms with van der Waals surface area (Å²) >= 11 is 1.08. The lowest BCUT2D eigenvalue weighted by Gasteiger charge is -2.14. The van der Waals surface area contributed by atoms with Gasteiger partial charge < -0.3 is 14.8 Å². The second-order valence-electron chi connectivity index (χ2n) is 7.39. The van der Waals surface area contributed by atoms with Gasteiger partial charge in [0.15, 0.2) is 5.16 Å². The maximum absolute atomic E-state index is 14.3. The number of carbonyl (C=O) groups excluding carboxylic acids is 1. The number of aryl methyl sites for hydroxylation is 1. The predicted molar refractivity (Wildman–Crippen MR) is 131 cm³/mol. The Morgan fingerprint density at radius 1 is 1.09 bits per heavy atom. The Morgan fingerprint density at radius 2 is 1.88 bits per heavy atom. The van der Waals surface area contributed by atoms with Gasteiger partial charge in [-0.2, -0.15) is 0 Å². The van der Waals surface area contributed by atoms with Gasteiger partial charge in [-0.3, -0.25) is 14.2 Å². The van der Waals surface area contributed by atoms with Gasteiger partial charge in [-0.05, 0) is 48.9 Å². The van der Waals surface area contributed by atoms with Crippen LogP contribution in [0.3, 0.4) is 0 Å². The lowest BCUT2D eigenvalue weighted by molar-refractivity contribution is -0.113. The van der Waals surface area contributed by atoms with Crippen LogP contribution in [0.1, 0.15) is 5.56 Å². The molecule has 0 aliphatic carbocycles. The van der Waals surface area contributed by atoms with Crippen molar-refractivity contribution in [1.29, 1.82) is 0 Å². The smallest absolute Gasteiger partial charge is 0.266 e. The molecule has 9 heteroatoms. The molecule has 0 aliphatic rings. The van der Waals surface area contributed by atoms with E-state index in [9.17, 15) is 14.0 Å². The van der Waals surface area contributed by atoms with Crippen LogP contribution in [0.15, 0.2) is 70.6 Å². The maximum Gasteiger partial charge on any atom is 0.266 e. The van der Waals surface area contributed by atoms with Crippen molar-refractivity contribution in [3.63, 3.8) is 0 Å². The number of aromatic nitrogens is 2. The standard InChI is InChI=1S/C25H22FN3O4S/c1-15-8-9-16(12-19(15)26)29-24(31)18-6-4-5-7-20(18)28-25(29)34-14-23(30)27-21-11-10-17(32-2)13-22(21)33-3/h4-13H,14H2,1-3H3,(H,27,30). The molecular formula is C25H22FN3O4S. The Kier molecular flexibility index (Phi) is 6.83. The summed E-state index contributed by atoms with van der Waals surface area (Å²) < 4.78 is 26.1. The Morgan fingerprint density at radius 3 is 2.62 bits per heavy atom. The highest BCUT2D eigenvalue weighted by Crippen LogP contribution is 2.29. The first-order chi connectivity index (χ1) is 16.4. The third kappa shape index (κ3) is 4.74. The van der Waals surface area contributed by atoms with Gasteiger partial charge in [0.1, 0.15) is 17.3 Å². The van der Waals surface area contributed by atoms with E-state index in [-0.39, 0.29) is 22.4 Å². The summed E-state index contributed by atoms with van der Waals surface area (Å²) in [6, 6.07) is 16.5. The summed E-state index contributed by atoms with van der Waals surface area (Å²) in [5, 5.41) is 3.48. The molecule has 4 aromatic rings. The van der Waals surface area contributed by atoms with Crippen molar-refractivity contribution in [3.05, 3.63) is 82.4 Å². The molecule has 0 spiro atoms. The van der Waals surface area contributed by atoms with Gasteiger partial charge in [0.25, 0.3) is 5.56 Å². The minimum absolute atomic E-state index is 0.0334. The van der Waals surface area contributed by atoms with Crippen LogP contribution in [0.5, 0.6) is 11.5 Å². The molecule has 7 nitrogen and oxygen atoms in total. The van der Waals surface area contributed by atoms with Crippen LogP contribution in [0, 0.1) is 12.7 Å². The number of rotatable bonds is 7. The first-order valence-corrected chi connectivity index (χ1v) is 11.3. The van der Waals surface area contributed by atoms with Crippen molar-refractivity contribution in [2.45, 2.75) is 12.1 Å². The number of methoxy groups -OCH3 is 2. The van der Waals surface area contributed by atoms with Gasteiger partial charge >= 0.3 is 0 Å². The summed E-state index contributed by atoms with van der Waals surface area (Å²) in [5.74, 6) is 0.261. The number of hydrogen-bond acceptors (Lipinski definition) is 6. The van der Waals surface area contributed by atoms with Gasteiger partial charge in [0.2, 0.25) is 5.91 Å². The molecule has 34 heavy (non-hydrogen) atoms. The number of halogens is 1. The van der Waals surface area contributed by atoms with E-state index in [2.05, 4.69) is 10.3 Å². The van der Waals surface area contributed by atoms with Crippen molar-refractivity contribution in [2.24, 2.45) is 0 Å². The van der Waals surface area contributed by atoms with Crippen LogP contribution in [-0.4, -0.2) is 35.4 Å². The molecule has 0 saturated carbocycles. The molecule has 0 fully saturated rings. The van der Waals surface area contributed by atoms with Crippen LogP contribution in [0.2, 0.25) is 0 Å². The minimum Gasteiger partial charge on any atom is -0.497 e. The molecule has 1 amide bonds. The highest BCUT2D eigenvalue weighted by molar-refractivity contribution is 7.99. The Balaban J connectivity index is 1.66. The Hall–Kier alpha value is -3.85. The fourth-order valence-electron chi connectivity index (χ4n) is 3.38. The fraction of sp³-hybridized carbons (Fsp3) is 0.160. The number of hydrogen-bond donors (Lipinski definition) is 1.